The molecule has 6 heteroatoms. The number of rotatable bonds is 7. The number of carbonyl (C=O) groups excluding carboxylic acids is 1. The van der Waals surface area contributed by atoms with E-state index in [-0.39, 0.29) is 17.9 Å². The van der Waals surface area contributed by atoms with Gasteiger partial charge in [0.25, 0.3) is 0 Å². The maximum atomic E-state index is 12.5. The van der Waals surface area contributed by atoms with E-state index in [2.05, 4.69) is 10.2 Å². The summed E-state index contributed by atoms with van der Waals surface area (Å²) in [4.78, 5) is 14.7. The molecule has 0 unspecified atom stereocenters. The van der Waals surface area contributed by atoms with E-state index >= 15 is 0 Å². The number of nitrogens with zero attached hydrogens (tertiary/aromatic N) is 1. The molecule has 1 aliphatic carbocycles. The SMILES string of the molecule is CCCNC(=O)CN1CC[C@]2(O)CCCC[C@@H]2[C@H]1c1cc(OC)ccc1OC. The van der Waals surface area contributed by atoms with Crippen LogP contribution in [0.2, 0.25) is 0 Å². The van der Waals surface area contributed by atoms with Crippen LogP contribution >= 0.6 is 0 Å². The lowest BCUT2D eigenvalue weighted by molar-refractivity contribution is -0.138. The Morgan fingerprint density at radius 2 is 2.11 bits per heavy atom. The molecule has 1 aromatic rings. The second-order valence-corrected chi connectivity index (χ2v) is 8.08. The summed E-state index contributed by atoms with van der Waals surface area (Å²) in [5.41, 5.74) is 0.322. The molecule has 2 aliphatic rings. The Morgan fingerprint density at radius 1 is 1.29 bits per heavy atom. The number of hydrogen-bond donors (Lipinski definition) is 2. The number of ether oxygens (including phenoxy) is 2. The molecule has 0 aromatic heterocycles. The average molecular weight is 391 g/mol. The van der Waals surface area contributed by atoms with Crippen LogP contribution in [0.25, 0.3) is 0 Å². The van der Waals surface area contributed by atoms with E-state index in [4.69, 9.17) is 9.47 Å². The Labute approximate surface area is 168 Å². The summed E-state index contributed by atoms with van der Waals surface area (Å²) in [6, 6.07) is 5.73. The van der Waals surface area contributed by atoms with Crippen LogP contribution in [0.4, 0.5) is 0 Å². The van der Waals surface area contributed by atoms with Gasteiger partial charge in [0, 0.05) is 30.6 Å². The minimum Gasteiger partial charge on any atom is -0.497 e. The maximum Gasteiger partial charge on any atom is 0.234 e. The molecule has 1 aromatic carbocycles. The van der Waals surface area contributed by atoms with E-state index < -0.39 is 5.60 Å². The van der Waals surface area contributed by atoms with Crippen LogP contribution in [0.3, 0.4) is 0 Å². The number of carbonyl (C=O) groups is 1. The third-order valence-corrected chi connectivity index (χ3v) is 6.35. The van der Waals surface area contributed by atoms with Gasteiger partial charge in [-0.3, -0.25) is 9.69 Å². The molecular formula is C22H34N2O4. The summed E-state index contributed by atoms with van der Waals surface area (Å²) in [5.74, 6) is 1.65. The molecule has 0 bridgehead atoms. The van der Waals surface area contributed by atoms with Crippen LogP contribution in [0.5, 0.6) is 11.5 Å². The summed E-state index contributed by atoms with van der Waals surface area (Å²) in [7, 11) is 3.32. The lowest BCUT2D eigenvalue weighted by Gasteiger charge is -2.52. The number of likely N-dealkylation sites (tertiary alicyclic amines) is 1. The number of aliphatic hydroxyl groups is 1. The molecule has 0 spiro atoms. The first-order valence-electron chi connectivity index (χ1n) is 10.5. The molecule has 6 nitrogen and oxygen atoms in total. The van der Waals surface area contributed by atoms with Crippen molar-refractivity contribution >= 4 is 5.91 Å². The van der Waals surface area contributed by atoms with Crippen molar-refractivity contribution in [1.29, 1.82) is 0 Å². The zero-order valence-electron chi connectivity index (χ0n) is 17.4. The van der Waals surface area contributed by atoms with Crippen molar-refractivity contribution in [2.24, 2.45) is 5.92 Å². The van der Waals surface area contributed by atoms with Crippen molar-refractivity contribution in [1.82, 2.24) is 10.2 Å². The van der Waals surface area contributed by atoms with E-state index in [1.54, 1.807) is 14.2 Å². The Kier molecular flexibility index (Phi) is 6.83. The van der Waals surface area contributed by atoms with Gasteiger partial charge in [-0.2, -0.15) is 0 Å². The summed E-state index contributed by atoms with van der Waals surface area (Å²) >= 11 is 0. The van der Waals surface area contributed by atoms with E-state index in [0.717, 1.165) is 49.2 Å². The molecule has 1 saturated heterocycles. The van der Waals surface area contributed by atoms with Gasteiger partial charge >= 0.3 is 0 Å². The molecule has 1 amide bonds. The molecule has 2 fully saturated rings. The van der Waals surface area contributed by atoms with Gasteiger partial charge in [0.05, 0.1) is 26.4 Å². The van der Waals surface area contributed by atoms with Crippen LogP contribution in [-0.4, -0.2) is 55.4 Å². The highest BCUT2D eigenvalue weighted by atomic mass is 16.5. The second-order valence-electron chi connectivity index (χ2n) is 8.08. The molecular weight excluding hydrogens is 356 g/mol. The highest BCUT2D eigenvalue weighted by molar-refractivity contribution is 5.78. The van der Waals surface area contributed by atoms with Crippen LogP contribution < -0.4 is 14.8 Å². The Bertz CT molecular complexity index is 681. The van der Waals surface area contributed by atoms with Gasteiger partial charge < -0.3 is 19.9 Å². The molecule has 1 aliphatic heterocycles. The number of methoxy groups -OCH3 is 2. The topological polar surface area (TPSA) is 71.0 Å². The van der Waals surface area contributed by atoms with Gasteiger partial charge in [-0.25, -0.2) is 0 Å². The smallest absolute Gasteiger partial charge is 0.234 e. The predicted molar refractivity (Wildman–Crippen MR) is 109 cm³/mol. The van der Waals surface area contributed by atoms with Crippen LogP contribution in [0, 0.1) is 5.92 Å². The number of piperidine rings is 1. The van der Waals surface area contributed by atoms with Gasteiger partial charge in [-0.15, -0.1) is 0 Å². The van der Waals surface area contributed by atoms with Crippen molar-refractivity contribution in [3.8, 4) is 11.5 Å². The second kappa shape index (κ2) is 9.14. The minimum absolute atomic E-state index is 0.0370. The Morgan fingerprint density at radius 3 is 2.82 bits per heavy atom. The molecule has 2 N–H and O–H groups in total. The fraction of sp³-hybridized carbons (Fsp3) is 0.682. The molecule has 3 atom stereocenters. The fourth-order valence-electron chi connectivity index (χ4n) is 4.91. The predicted octanol–water partition coefficient (Wildman–Crippen LogP) is 2.90. The molecule has 1 heterocycles. The largest absolute Gasteiger partial charge is 0.497 e. The molecule has 156 valence electrons. The van der Waals surface area contributed by atoms with E-state index in [9.17, 15) is 9.90 Å². The quantitative estimate of drug-likeness (QED) is 0.749. The van der Waals surface area contributed by atoms with E-state index in [0.29, 0.717) is 26.1 Å². The lowest BCUT2D eigenvalue weighted by atomic mass is 9.66. The third-order valence-electron chi connectivity index (χ3n) is 6.35. The summed E-state index contributed by atoms with van der Waals surface area (Å²) in [5, 5.41) is 14.4. The average Bonchev–Trinajstić information content (AvgIpc) is 2.71. The van der Waals surface area contributed by atoms with Crippen molar-refractivity contribution in [3.05, 3.63) is 23.8 Å². The van der Waals surface area contributed by atoms with Crippen LogP contribution in [-0.2, 0) is 4.79 Å². The number of fused-ring (bicyclic) bond motifs is 1. The normalized spacial score (nSPS) is 27.7. The maximum absolute atomic E-state index is 12.5. The summed E-state index contributed by atoms with van der Waals surface area (Å²) in [6.45, 7) is 3.76. The summed E-state index contributed by atoms with van der Waals surface area (Å²) < 4.78 is 11.1. The third kappa shape index (κ3) is 4.28. The first-order chi connectivity index (χ1) is 13.5. The van der Waals surface area contributed by atoms with Crippen molar-refractivity contribution in [2.75, 3.05) is 33.9 Å². The first kappa shape index (κ1) is 20.9. The Hall–Kier alpha value is -1.79. The minimum atomic E-state index is -0.673. The monoisotopic (exact) mass is 390 g/mol. The number of benzene rings is 1. The molecule has 1 saturated carbocycles. The fourth-order valence-corrected chi connectivity index (χ4v) is 4.91. The highest BCUT2D eigenvalue weighted by Crippen LogP contribution is 2.51. The molecule has 3 rings (SSSR count). The first-order valence-corrected chi connectivity index (χ1v) is 10.5. The van der Waals surface area contributed by atoms with Gasteiger partial charge in [-0.05, 0) is 43.9 Å². The van der Waals surface area contributed by atoms with E-state index in [1.807, 2.05) is 25.1 Å². The van der Waals surface area contributed by atoms with Crippen molar-refractivity contribution in [3.63, 3.8) is 0 Å². The molecule has 28 heavy (non-hydrogen) atoms. The molecule has 0 radical (unpaired) electrons. The van der Waals surface area contributed by atoms with Crippen molar-refractivity contribution < 1.29 is 19.4 Å². The van der Waals surface area contributed by atoms with Gasteiger partial charge in [0.15, 0.2) is 0 Å². The Balaban J connectivity index is 1.97. The number of amides is 1. The number of hydrogen-bond acceptors (Lipinski definition) is 5. The van der Waals surface area contributed by atoms with E-state index in [1.165, 1.54) is 0 Å². The lowest BCUT2D eigenvalue weighted by Crippen LogP contribution is -2.56. The zero-order chi connectivity index (χ0) is 20.1. The highest BCUT2D eigenvalue weighted by Gasteiger charge is 2.49. The summed E-state index contributed by atoms with van der Waals surface area (Å²) in [6.07, 6.45) is 5.57. The van der Waals surface area contributed by atoms with Crippen LogP contribution in [0.15, 0.2) is 18.2 Å². The van der Waals surface area contributed by atoms with Gasteiger partial charge in [0.1, 0.15) is 11.5 Å². The number of nitrogens with one attached hydrogen (secondary N) is 1. The van der Waals surface area contributed by atoms with Gasteiger partial charge in [-0.1, -0.05) is 19.8 Å². The van der Waals surface area contributed by atoms with Crippen molar-refractivity contribution in [2.45, 2.75) is 57.1 Å². The van der Waals surface area contributed by atoms with Crippen LogP contribution in [0.1, 0.15) is 57.1 Å². The zero-order valence-corrected chi connectivity index (χ0v) is 17.4. The van der Waals surface area contributed by atoms with Gasteiger partial charge in [0.2, 0.25) is 5.91 Å². The standard InChI is InChI=1S/C22H34N2O4/c1-4-12-23-20(25)15-24-13-11-22(26)10-6-5-7-18(22)21(24)17-14-16(27-2)8-9-19(17)28-3/h8-9,14,18,21,26H,4-7,10-13,15H2,1-3H3,(H,23,25)/t18-,21-,22-/m1/s1.